The maximum absolute atomic E-state index is 13.0. The summed E-state index contributed by atoms with van der Waals surface area (Å²) in [6, 6.07) is 7.04. The minimum atomic E-state index is -3.95. The zero-order valence-corrected chi connectivity index (χ0v) is 19.8. The van der Waals surface area contributed by atoms with Gasteiger partial charge in [-0.3, -0.25) is 9.59 Å². The molecule has 0 spiro atoms. The van der Waals surface area contributed by atoms with Gasteiger partial charge in [0.05, 0.1) is 43.6 Å². The number of benzene rings is 2. The van der Waals surface area contributed by atoms with Crippen LogP contribution < -0.4 is 24.2 Å². The third-order valence-electron chi connectivity index (χ3n) is 4.61. The molecule has 2 N–H and O–H groups in total. The van der Waals surface area contributed by atoms with Crippen molar-refractivity contribution in [2.24, 2.45) is 10.1 Å². The second kappa shape index (κ2) is 9.60. The average molecular weight is 496 g/mol. The number of primary sulfonamides is 1. The maximum Gasteiger partial charge on any atom is 0.325 e. The van der Waals surface area contributed by atoms with Crippen LogP contribution in [0.5, 0.6) is 17.2 Å². The maximum atomic E-state index is 13.0. The van der Waals surface area contributed by atoms with Crippen LogP contribution in [-0.4, -0.2) is 53.3 Å². The van der Waals surface area contributed by atoms with Crippen molar-refractivity contribution >= 4 is 43.5 Å². The van der Waals surface area contributed by atoms with Crippen LogP contribution in [0, 0.1) is 0 Å². The fourth-order valence-corrected chi connectivity index (χ4v) is 4.70. The van der Waals surface area contributed by atoms with Gasteiger partial charge in [-0.05, 0) is 30.3 Å². The third-order valence-corrected chi connectivity index (χ3v) is 6.56. The summed E-state index contributed by atoms with van der Waals surface area (Å²) in [5.41, 5.74) is 0.631. The molecule has 0 saturated carbocycles. The Labute approximate surface area is 193 Å². The van der Waals surface area contributed by atoms with Gasteiger partial charge in [-0.1, -0.05) is 11.3 Å². The number of amides is 1. The van der Waals surface area contributed by atoms with Gasteiger partial charge in [-0.2, -0.15) is 4.99 Å². The standard InChI is InChI=1S/C20H21N3O8S2/c1-28-14-7-11(8-15(29-2)18(14)31-4)19(25)22-20-23(10-17(24)30-3)13-6-5-12(33(21,26)27)9-16(13)32-20/h5-9H,10H2,1-4H3,(H2,21,26,27). The molecule has 0 saturated heterocycles. The van der Waals surface area contributed by atoms with Gasteiger partial charge in [0.2, 0.25) is 15.8 Å². The van der Waals surface area contributed by atoms with E-state index in [1.165, 1.54) is 63.3 Å². The van der Waals surface area contributed by atoms with Gasteiger partial charge in [0.25, 0.3) is 5.91 Å². The molecule has 13 heteroatoms. The van der Waals surface area contributed by atoms with Crippen LogP contribution in [0.1, 0.15) is 10.4 Å². The van der Waals surface area contributed by atoms with Gasteiger partial charge >= 0.3 is 5.97 Å². The summed E-state index contributed by atoms with van der Waals surface area (Å²) < 4.78 is 45.9. The predicted molar refractivity (Wildman–Crippen MR) is 119 cm³/mol. The van der Waals surface area contributed by atoms with Crippen molar-refractivity contribution in [1.29, 1.82) is 0 Å². The van der Waals surface area contributed by atoms with Crippen molar-refractivity contribution in [3.8, 4) is 17.2 Å². The highest BCUT2D eigenvalue weighted by molar-refractivity contribution is 7.89. The largest absolute Gasteiger partial charge is 0.493 e. The lowest BCUT2D eigenvalue weighted by Crippen LogP contribution is -2.22. The number of ether oxygens (including phenoxy) is 4. The Morgan fingerprint density at radius 3 is 2.18 bits per heavy atom. The van der Waals surface area contributed by atoms with E-state index in [9.17, 15) is 18.0 Å². The summed E-state index contributed by atoms with van der Waals surface area (Å²) in [4.78, 5) is 29.2. The van der Waals surface area contributed by atoms with Gasteiger partial charge in [0.1, 0.15) is 6.54 Å². The van der Waals surface area contributed by atoms with E-state index < -0.39 is 21.9 Å². The molecular weight excluding hydrogens is 474 g/mol. The van der Waals surface area contributed by atoms with Crippen molar-refractivity contribution in [2.75, 3.05) is 28.4 Å². The topological polar surface area (TPSA) is 149 Å². The summed E-state index contributed by atoms with van der Waals surface area (Å²) >= 11 is 1.02. The minimum Gasteiger partial charge on any atom is -0.493 e. The highest BCUT2D eigenvalue weighted by atomic mass is 32.2. The first-order valence-corrected chi connectivity index (χ1v) is 11.6. The SMILES string of the molecule is COC(=O)Cn1c(=NC(=O)c2cc(OC)c(OC)c(OC)c2)sc2cc(S(N)(=O)=O)ccc21. The summed E-state index contributed by atoms with van der Waals surface area (Å²) in [6.07, 6.45) is 0. The van der Waals surface area contributed by atoms with E-state index in [1.807, 2.05) is 0 Å². The highest BCUT2D eigenvalue weighted by Crippen LogP contribution is 2.38. The average Bonchev–Trinajstić information content (AvgIpc) is 3.13. The molecule has 1 heterocycles. The smallest absolute Gasteiger partial charge is 0.325 e. The third kappa shape index (κ3) is 4.99. The Bertz CT molecular complexity index is 1380. The second-order valence-corrected chi connectivity index (χ2v) is 9.12. The molecule has 3 rings (SSSR count). The molecule has 0 aliphatic carbocycles. The number of hydrogen-bond acceptors (Lipinski definition) is 9. The number of sulfonamides is 1. The number of nitrogens with zero attached hydrogens (tertiary/aromatic N) is 2. The number of rotatable bonds is 7. The number of hydrogen-bond donors (Lipinski definition) is 1. The highest BCUT2D eigenvalue weighted by Gasteiger charge is 2.19. The normalized spacial score (nSPS) is 12.0. The fourth-order valence-electron chi connectivity index (χ4n) is 3.02. The van der Waals surface area contributed by atoms with E-state index in [-0.39, 0.29) is 33.3 Å². The van der Waals surface area contributed by atoms with Crippen LogP contribution in [0.3, 0.4) is 0 Å². The van der Waals surface area contributed by atoms with Gasteiger partial charge in [0.15, 0.2) is 16.3 Å². The lowest BCUT2D eigenvalue weighted by molar-refractivity contribution is -0.141. The number of nitrogens with two attached hydrogens (primary N) is 1. The first-order chi connectivity index (χ1) is 15.6. The number of thiazole rings is 1. The van der Waals surface area contributed by atoms with E-state index in [1.54, 1.807) is 0 Å². The molecule has 33 heavy (non-hydrogen) atoms. The molecule has 176 valence electrons. The lowest BCUT2D eigenvalue weighted by atomic mass is 10.1. The number of fused-ring (bicyclic) bond motifs is 1. The van der Waals surface area contributed by atoms with Crippen LogP contribution in [0.15, 0.2) is 40.2 Å². The van der Waals surface area contributed by atoms with Crippen LogP contribution in [0.4, 0.5) is 0 Å². The van der Waals surface area contributed by atoms with Crippen molar-refractivity contribution in [1.82, 2.24) is 4.57 Å². The Morgan fingerprint density at radius 2 is 1.67 bits per heavy atom. The second-order valence-electron chi connectivity index (χ2n) is 6.55. The minimum absolute atomic E-state index is 0.107. The summed E-state index contributed by atoms with van der Waals surface area (Å²) in [7, 11) is 1.56. The fraction of sp³-hybridized carbons (Fsp3) is 0.250. The first kappa shape index (κ1) is 24.2. The van der Waals surface area contributed by atoms with E-state index >= 15 is 0 Å². The molecule has 0 aliphatic heterocycles. The molecule has 11 nitrogen and oxygen atoms in total. The molecule has 0 radical (unpaired) electrons. The van der Waals surface area contributed by atoms with Gasteiger partial charge in [0, 0.05) is 5.56 Å². The van der Waals surface area contributed by atoms with E-state index in [0.29, 0.717) is 16.0 Å². The Morgan fingerprint density at radius 1 is 1.03 bits per heavy atom. The Balaban J connectivity index is 2.20. The Kier molecular flexibility index (Phi) is 7.05. The molecule has 0 fully saturated rings. The monoisotopic (exact) mass is 495 g/mol. The van der Waals surface area contributed by atoms with E-state index in [4.69, 9.17) is 24.1 Å². The molecule has 0 atom stereocenters. The van der Waals surface area contributed by atoms with Gasteiger partial charge in [-0.25, -0.2) is 13.6 Å². The molecular formula is C20H21N3O8S2. The molecule has 1 amide bonds. The zero-order valence-electron chi connectivity index (χ0n) is 18.1. The Hall–Kier alpha value is -3.42. The van der Waals surface area contributed by atoms with Crippen LogP contribution >= 0.6 is 11.3 Å². The zero-order chi connectivity index (χ0) is 24.3. The predicted octanol–water partition coefficient (Wildman–Crippen LogP) is 1.29. The molecule has 0 bridgehead atoms. The summed E-state index contributed by atoms with van der Waals surface area (Å²) in [5.74, 6) is -0.369. The number of aromatic nitrogens is 1. The number of carbonyl (C=O) groups is 2. The van der Waals surface area contributed by atoms with E-state index in [2.05, 4.69) is 4.99 Å². The van der Waals surface area contributed by atoms with Crippen molar-refractivity contribution in [2.45, 2.75) is 11.4 Å². The summed E-state index contributed by atoms with van der Waals surface area (Å²) in [6.45, 7) is -0.243. The number of methoxy groups -OCH3 is 4. The van der Waals surface area contributed by atoms with Crippen molar-refractivity contribution < 1.29 is 37.0 Å². The lowest BCUT2D eigenvalue weighted by Gasteiger charge is -2.12. The quantitative estimate of drug-likeness (QED) is 0.482. The van der Waals surface area contributed by atoms with Gasteiger partial charge < -0.3 is 23.5 Å². The summed E-state index contributed by atoms with van der Waals surface area (Å²) in [5, 5.41) is 5.21. The molecule has 3 aromatic rings. The van der Waals surface area contributed by atoms with Crippen molar-refractivity contribution in [3.63, 3.8) is 0 Å². The van der Waals surface area contributed by atoms with Crippen LogP contribution in [0.2, 0.25) is 0 Å². The molecule has 0 aliphatic rings. The van der Waals surface area contributed by atoms with Gasteiger partial charge in [-0.15, -0.1) is 0 Å². The first-order valence-electron chi connectivity index (χ1n) is 9.25. The van der Waals surface area contributed by atoms with Crippen LogP contribution in [-0.2, 0) is 26.1 Å². The molecule has 1 aromatic heterocycles. The van der Waals surface area contributed by atoms with Crippen molar-refractivity contribution in [3.05, 3.63) is 40.7 Å². The number of carbonyl (C=O) groups excluding carboxylic acids is 2. The van der Waals surface area contributed by atoms with E-state index in [0.717, 1.165) is 11.3 Å². The number of esters is 1. The molecule has 0 unspecified atom stereocenters. The van der Waals surface area contributed by atoms with Crippen LogP contribution in [0.25, 0.3) is 10.2 Å². The molecule has 2 aromatic carbocycles.